The number of benzene rings is 1. The van der Waals surface area contributed by atoms with Gasteiger partial charge in [0, 0.05) is 15.4 Å². The summed E-state index contributed by atoms with van der Waals surface area (Å²) < 4.78 is 0. The molecule has 1 heterocycles. The zero-order valence-electron chi connectivity index (χ0n) is 10.3. The Morgan fingerprint density at radius 3 is 2.53 bits per heavy atom. The monoisotopic (exact) mass is 247 g/mol. The van der Waals surface area contributed by atoms with Gasteiger partial charge < -0.3 is 10.4 Å². The predicted molar refractivity (Wildman–Crippen MR) is 73.9 cm³/mol. The van der Waals surface area contributed by atoms with Gasteiger partial charge in [-0.1, -0.05) is 0 Å². The third kappa shape index (κ3) is 2.80. The van der Waals surface area contributed by atoms with Gasteiger partial charge in [0.05, 0.1) is 6.04 Å². The molecular formula is C14H17NOS. The highest BCUT2D eigenvalue weighted by molar-refractivity contribution is 7.12. The fraction of sp³-hybridized carbons (Fsp3) is 0.286. The van der Waals surface area contributed by atoms with E-state index in [-0.39, 0.29) is 6.04 Å². The van der Waals surface area contributed by atoms with E-state index in [1.807, 2.05) is 30.4 Å². The summed E-state index contributed by atoms with van der Waals surface area (Å²) in [6.45, 7) is 6.17. The second-order valence-electron chi connectivity index (χ2n) is 4.32. The van der Waals surface area contributed by atoms with E-state index >= 15 is 0 Å². The number of anilines is 1. The lowest BCUT2D eigenvalue weighted by Gasteiger charge is -2.14. The molecule has 0 aliphatic heterocycles. The molecule has 2 nitrogen and oxygen atoms in total. The number of hydrogen-bond acceptors (Lipinski definition) is 3. The van der Waals surface area contributed by atoms with Crippen LogP contribution in [0.3, 0.4) is 0 Å². The van der Waals surface area contributed by atoms with Crippen LogP contribution in [0.1, 0.15) is 28.3 Å². The smallest absolute Gasteiger partial charge is 0.118 e. The van der Waals surface area contributed by atoms with E-state index in [1.165, 1.54) is 9.75 Å². The maximum Gasteiger partial charge on any atom is 0.118 e. The van der Waals surface area contributed by atoms with Crippen molar-refractivity contribution in [3.05, 3.63) is 45.6 Å². The third-order valence-electron chi connectivity index (χ3n) is 2.77. The van der Waals surface area contributed by atoms with Crippen LogP contribution in [-0.4, -0.2) is 5.11 Å². The van der Waals surface area contributed by atoms with E-state index in [9.17, 15) is 5.11 Å². The number of phenolic OH excluding ortho intramolecular Hbond substituents is 1. The van der Waals surface area contributed by atoms with Crippen LogP contribution < -0.4 is 5.32 Å². The number of aryl methyl sites for hydroxylation is 2. The minimum Gasteiger partial charge on any atom is -0.508 e. The summed E-state index contributed by atoms with van der Waals surface area (Å²) in [5, 5.41) is 12.9. The Balaban J connectivity index is 2.12. The average Bonchev–Trinajstić information content (AvgIpc) is 2.70. The number of thiophene rings is 1. The molecule has 2 N–H and O–H groups in total. The molecule has 0 amide bonds. The van der Waals surface area contributed by atoms with Crippen molar-refractivity contribution in [2.24, 2.45) is 0 Å². The van der Waals surface area contributed by atoms with Crippen molar-refractivity contribution in [3.63, 3.8) is 0 Å². The molecule has 90 valence electrons. The van der Waals surface area contributed by atoms with Crippen LogP contribution in [0.15, 0.2) is 30.3 Å². The van der Waals surface area contributed by atoms with E-state index in [1.54, 1.807) is 6.07 Å². The fourth-order valence-electron chi connectivity index (χ4n) is 1.75. The van der Waals surface area contributed by atoms with Crippen molar-refractivity contribution in [3.8, 4) is 5.75 Å². The zero-order valence-corrected chi connectivity index (χ0v) is 11.1. The molecule has 17 heavy (non-hydrogen) atoms. The molecule has 2 rings (SSSR count). The van der Waals surface area contributed by atoms with Gasteiger partial charge >= 0.3 is 0 Å². The minimum absolute atomic E-state index is 0.289. The van der Waals surface area contributed by atoms with Crippen LogP contribution in [0.4, 0.5) is 5.69 Å². The topological polar surface area (TPSA) is 32.3 Å². The Bertz CT molecular complexity index is 519. The molecular weight excluding hydrogens is 230 g/mol. The van der Waals surface area contributed by atoms with Crippen molar-refractivity contribution in [1.29, 1.82) is 0 Å². The van der Waals surface area contributed by atoms with Gasteiger partial charge in [0.15, 0.2) is 0 Å². The van der Waals surface area contributed by atoms with Gasteiger partial charge in [-0.3, -0.25) is 0 Å². The highest BCUT2D eigenvalue weighted by Gasteiger charge is 2.08. The van der Waals surface area contributed by atoms with E-state index in [4.69, 9.17) is 0 Å². The molecule has 0 saturated heterocycles. The van der Waals surface area contributed by atoms with Crippen molar-refractivity contribution in [1.82, 2.24) is 0 Å². The standard InChI is InChI=1S/C14H17NOS/c1-9-8-12(5-6-13(9)16)15-11(3)14-7-4-10(2)17-14/h4-8,11,15-16H,1-3H3. The average molecular weight is 247 g/mol. The Kier molecular flexibility index (Phi) is 3.38. The first kappa shape index (κ1) is 12.0. The SMILES string of the molecule is Cc1ccc(C(C)Nc2ccc(O)c(C)c2)s1. The quantitative estimate of drug-likeness (QED) is 0.795. The van der Waals surface area contributed by atoms with Crippen LogP contribution in [0.2, 0.25) is 0 Å². The van der Waals surface area contributed by atoms with Crippen molar-refractivity contribution in [2.75, 3.05) is 5.32 Å². The summed E-state index contributed by atoms with van der Waals surface area (Å²) in [5.74, 6) is 0.343. The molecule has 0 fully saturated rings. The summed E-state index contributed by atoms with van der Waals surface area (Å²) in [4.78, 5) is 2.66. The number of rotatable bonds is 3. The van der Waals surface area contributed by atoms with Crippen molar-refractivity contribution < 1.29 is 5.11 Å². The fourth-order valence-corrected chi connectivity index (χ4v) is 2.63. The first-order valence-electron chi connectivity index (χ1n) is 5.69. The summed E-state index contributed by atoms with van der Waals surface area (Å²) >= 11 is 1.81. The van der Waals surface area contributed by atoms with Gasteiger partial charge in [-0.25, -0.2) is 0 Å². The number of hydrogen-bond donors (Lipinski definition) is 2. The lowest BCUT2D eigenvalue weighted by molar-refractivity contribution is 0.471. The maximum atomic E-state index is 9.47. The molecule has 0 spiro atoms. The molecule has 3 heteroatoms. The number of phenols is 1. The maximum absolute atomic E-state index is 9.47. The Hall–Kier alpha value is -1.48. The summed E-state index contributed by atoms with van der Waals surface area (Å²) in [5.41, 5.74) is 1.93. The van der Waals surface area contributed by atoms with E-state index in [0.29, 0.717) is 5.75 Å². The molecule has 1 aromatic heterocycles. The Labute approximate surface area is 106 Å². The molecule has 1 aromatic carbocycles. The summed E-state index contributed by atoms with van der Waals surface area (Å²) in [6, 6.07) is 10.2. The first-order chi connectivity index (χ1) is 8.06. The van der Waals surface area contributed by atoms with Gasteiger partial charge in [0.1, 0.15) is 5.75 Å². The van der Waals surface area contributed by atoms with Crippen molar-refractivity contribution in [2.45, 2.75) is 26.8 Å². The summed E-state index contributed by atoms with van der Waals surface area (Å²) in [7, 11) is 0. The Morgan fingerprint density at radius 2 is 1.94 bits per heavy atom. The van der Waals surface area contributed by atoms with Gasteiger partial charge in [-0.15, -0.1) is 11.3 Å². The molecule has 0 saturated carbocycles. The Morgan fingerprint density at radius 1 is 1.18 bits per heavy atom. The number of nitrogens with one attached hydrogen (secondary N) is 1. The van der Waals surface area contributed by atoms with E-state index in [0.717, 1.165) is 11.3 Å². The molecule has 1 unspecified atom stereocenters. The molecule has 0 radical (unpaired) electrons. The molecule has 0 bridgehead atoms. The molecule has 0 aliphatic rings. The van der Waals surface area contributed by atoms with Gasteiger partial charge in [0.2, 0.25) is 0 Å². The third-order valence-corrected chi connectivity index (χ3v) is 3.95. The molecule has 2 aromatic rings. The van der Waals surface area contributed by atoms with Crippen LogP contribution in [0, 0.1) is 13.8 Å². The van der Waals surface area contributed by atoms with Crippen LogP contribution >= 0.6 is 11.3 Å². The van der Waals surface area contributed by atoms with E-state index in [2.05, 4.69) is 31.3 Å². The summed E-state index contributed by atoms with van der Waals surface area (Å²) in [6.07, 6.45) is 0. The predicted octanol–water partition coefficient (Wildman–Crippen LogP) is 4.24. The van der Waals surface area contributed by atoms with Gasteiger partial charge in [-0.2, -0.15) is 0 Å². The lowest BCUT2D eigenvalue weighted by atomic mass is 10.2. The molecule has 1 atom stereocenters. The highest BCUT2D eigenvalue weighted by Crippen LogP contribution is 2.27. The normalized spacial score (nSPS) is 12.4. The zero-order chi connectivity index (χ0) is 12.4. The van der Waals surface area contributed by atoms with Crippen molar-refractivity contribution >= 4 is 17.0 Å². The van der Waals surface area contributed by atoms with E-state index < -0.39 is 0 Å². The van der Waals surface area contributed by atoms with Crippen LogP contribution in [-0.2, 0) is 0 Å². The first-order valence-corrected chi connectivity index (χ1v) is 6.50. The highest BCUT2D eigenvalue weighted by atomic mass is 32.1. The second-order valence-corrected chi connectivity index (χ2v) is 5.64. The largest absolute Gasteiger partial charge is 0.508 e. The van der Waals surface area contributed by atoms with Gasteiger partial charge in [0.25, 0.3) is 0 Å². The molecule has 0 aliphatic carbocycles. The minimum atomic E-state index is 0.289. The van der Waals surface area contributed by atoms with Gasteiger partial charge in [-0.05, 0) is 56.7 Å². The number of aromatic hydroxyl groups is 1. The lowest BCUT2D eigenvalue weighted by Crippen LogP contribution is -2.04. The second kappa shape index (κ2) is 4.80. The van der Waals surface area contributed by atoms with Crippen LogP contribution in [0.5, 0.6) is 5.75 Å². The van der Waals surface area contributed by atoms with Crippen LogP contribution in [0.25, 0.3) is 0 Å².